The zero-order valence-electron chi connectivity index (χ0n) is 16.7. The number of benzene rings is 1. The number of rotatable bonds is 4. The summed E-state index contributed by atoms with van der Waals surface area (Å²) < 4.78 is 2.12. The van der Waals surface area contributed by atoms with Crippen molar-refractivity contribution in [2.75, 3.05) is 26.2 Å². The minimum atomic E-state index is 0.141. The Kier molecular flexibility index (Phi) is 4.71. The van der Waals surface area contributed by atoms with Crippen LogP contribution in [0, 0.1) is 17.8 Å². The van der Waals surface area contributed by atoms with Crippen molar-refractivity contribution in [1.29, 1.82) is 0 Å². The van der Waals surface area contributed by atoms with Gasteiger partial charge in [-0.25, -0.2) is 4.98 Å². The first-order valence-corrected chi connectivity index (χ1v) is 10.8. The molecule has 0 N–H and O–H groups in total. The zero-order valence-corrected chi connectivity index (χ0v) is 16.7. The molecule has 2 aromatic rings. The second-order valence-corrected chi connectivity index (χ2v) is 8.71. The van der Waals surface area contributed by atoms with Gasteiger partial charge in [-0.3, -0.25) is 9.69 Å². The van der Waals surface area contributed by atoms with E-state index in [9.17, 15) is 4.79 Å². The van der Waals surface area contributed by atoms with Crippen molar-refractivity contribution in [2.45, 2.75) is 31.7 Å². The van der Waals surface area contributed by atoms with Crippen molar-refractivity contribution in [3.8, 4) is 0 Å². The standard InChI is InChI=1S/C23H30N4O/c1-25-12-11-24-22(25)21(17-7-3-2-4-8-17)26-13-15-27(16-14-26)23(28)20-18-9-5-6-10-19(18)20/h2-4,7-8,11-12,18-21H,5-6,9-10,13-16H2,1H3. The van der Waals surface area contributed by atoms with Crippen molar-refractivity contribution in [3.05, 3.63) is 54.1 Å². The second kappa shape index (κ2) is 7.36. The number of aromatic nitrogens is 2. The largest absolute Gasteiger partial charge is 0.340 e. The summed E-state index contributed by atoms with van der Waals surface area (Å²) in [7, 11) is 2.06. The molecule has 1 aromatic heterocycles. The molecule has 0 bridgehead atoms. The molecule has 3 unspecified atom stereocenters. The smallest absolute Gasteiger partial charge is 0.226 e. The summed E-state index contributed by atoms with van der Waals surface area (Å²) >= 11 is 0. The van der Waals surface area contributed by atoms with Gasteiger partial charge in [-0.2, -0.15) is 0 Å². The molecule has 3 atom stereocenters. The van der Waals surface area contributed by atoms with Crippen molar-refractivity contribution in [1.82, 2.24) is 19.4 Å². The Labute approximate surface area is 167 Å². The molecule has 1 saturated heterocycles. The summed E-state index contributed by atoms with van der Waals surface area (Å²) in [6.45, 7) is 3.48. The summed E-state index contributed by atoms with van der Waals surface area (Å²) in [5, 5.41) is 0. The Hall–Kier alpha value is -2.14. The highest BCUT2D eigenvalue weighted by Crippen LogP contribution is 2.56. The third-order valence-electron chi connectivity index (χ3n) is 7.15. The fourth-order valence-corrected chi connectivity index (χ4v) is 5.57. The second-order valence-electron chi connectivity index (χ2n) is 8.71. The molecule has 3 aliphatic rings. The molecule has 1 amide bonds. The fraction of sp³-hybridized carbons (Fsp3) is 0.565. The van der Waals surface area contributed by atoms with Crippen LogP contribution in [0.4, 0.5) is 0 Å². The van der Waals surface area contributed by atoms with E-state index in [-0.39, 0.29) is 6.04 Å². The summed E-state index contributed by atoms with van der Waals surface area (Å²) in [5.41, 5.74) is 1.27. The maximum atomic E-state index is 13.0. The number of nitrogens with zero attached hydrogens (tertiary/aromatic N) is 4. The number of aryl methyl sites for hydroxylation is 1. The third-order valence-corrected chi connectivity index (χ3v) is 7.15. The molecule has 2 saturated carbocycles. The van der Waals surface area contributed by atoms with Crippen LogP contribution >= 0.6 is 0 Å². The van der Waals surface area contributed by atoms with E-state index in [0.29, 0.717) is 23.7 Å². The van der Waals surface area contributed by atoms with Crippen LogP contribution in [0.3, 0.4) is 0 Å². The van der Waals surface area contributed by atoms with Gasteiger partial charge in [0.1, 0.15) is 5.82 Å². The minimum Gasteiger partial charge on any atom is -0.340 e. The molecular weight excluding hydrogens is 348 g/mol. The molecule has 1 aliphatic heterocycles. The Morgan fingerprint density at radius 2 is 1.71 bits per heavy atom. The Morgan fingerprint density at radius 1 is 1.04 bits per heavy atom. The summed E-state index contributed by atoms with van der Waals surface area (Å²) in [5.74, 6) is 3.24. The number of hydrogen-bond acceptors (Lipinski definition) is 3. The molecule has 5 nitrogen and oxygen atoms in total. The topological polar surface area (TPSA) is 41.4 Å². The minimum absolute atomic E-state index is 0.141. The van der Waals surface area contributed by atoms with E-state index in [2.05, 4.69) is 56.7 Å². The zero-order chi connectivity index (χ0) is 19.1. The highest BCUT2D eigenvalue weighted by molar-refractivity contribution is 5.82. The van der Waals surface area contributed by atoms with Gasteiger partial charge in [0.25, 0.3) is 0 Å². The lowest BCUT2D eigenvalue weighted by molar-refractivity contribution is -0.135. The van der Waals surface area contributed by atoms with E-state index >= 15 is 0 Å². The molecule has 5 rings (SSSR count). The quantitative estimate of drug-likeness (QED) is 0.821. The van der Waals surface area contributed by atoms with Gasteiger partial charge in [0.05, 0.1) is 6.04 Å². The molecule has 2 aliphatic carbocycles. The van der Waals surface area contributed by atoms with Crippen LogP contribution in [0.15, 0.2) is 42.7 Å². The van der Waals surface area contributed by atoms with E-state index in [4.69, 9.17) is 0 Å². The number of hydrogen-bond donors (Lipinski definition) is 0. The van der Waals surface area contributed by atoms with Crippen molar-refractivity contribution < 1.29 is 4.79 Å². The SMILES string of the molecule is Cn1ccnc1C(c1ccccc1)N1CCN(C(=O)C2C3CCCCC32)CC1. The van der Waals surface area contributed by atoms with E-state index in [1.807, 2.05) is 12.4 Å². The number of carbonyl (C=O) groups excluding carboxylic acids is 1. The van der Waals surface area contributed by atoms with E-state index < -0.39 is 0 Å². The van der Waals surface area contributed by atoms with Gasteiger partial charge in [-0.05, 0) is 30.2 Å². The molecule has 2 heterocycles. The first-order valence-electron chi connectivity index (χ1n) is 10.8. The third kappa shape index (κ3) is 3.16. The fourth-order valence-electron chi connectivity index (χ4n) is 5.57. The molecule has 5 heteroatoms. The Bertz CT molecular complexity index is 812. The highest BCUT2D eigenvalue weighted by Gasteiger charge is 2.55. The van der Waals surface area contributed by atoms with Crippen LogP contribution in [-0.2, 0) is 11.8 Å². The van der Waals surface area contributed by atoms with Gasteiger partial charge < -0.3 is 9.47 Å². The van der Waals surface area contributed by atoms with E-state index in [1.165, 1.54) is 31.2 Å². The number of fused-ring (bicyclic) bond motifs is 1. The van der Waals surface area contributed by atoms with Crippen molar-refractivity contribution in [3.63, 3.8) is 0 Å². The predicted octanol–water partition coefficient (Wildman–Crippen LogP) is 3.09. The van der Waals surface area contributed by atoms with Crippen molar-refractivity contribution in [2.24, 2.45) is 24.8 Å². The van der Waals surface area contributed by atoms with Gasteiger partial charge in [0, 0.05) is 51.5 Å². The molecule has 1 aromatic carbocycles. The highest BCUT2D eigenvalue weighted by atomic mass is 16.2. The van der Waals surface area contributed by atoms with Gasteiger partial charge in [0.2, 0.25) is 5.91 Å². The summed E-state index contributed by atoms with van der Waals surface area (Å²) in [6, 6.07) is 10.8. The lowest BCUT2D eigenvalue weighted by Crippen LogP contribution is -2.50. The van der Waals surface area contributed by atoms with Crippen LogP contribution in [0.25, 0.3) is 0 Å². The number of imidazole rings is 1. The molecule has 0 radical (unpaired) electrons. The number of piperazine rings is 1. The van der Waals surface area contributed by atoms with Crippen molar-refractivity contribution >= 4 is 5.91 Å². The van der Waals surface area contributed by atoms with Crippen LogP contribution in [0.2, 0.25) is 0 Å². The monoisotopic (exact) mass is 378 g/mol. The van der Waals surface area contributed by atoms with E-state index in [1.54, 1.807) is 0 Å². The average molecular weight is 379 g/mol. The maximum Gasteiger partial charge on any atom is 0.226 e. The van der Waals surface area contributed by atoms with Crippen LogP contribution in [0.5, 0.6) is 0 Å². The van der Waals surface area contributed by atoms with Crippen LogP contribution < -0.4 is 0 Å². The average Bonchev–Trinajstić information content (AvgIpc) is 3.34. The molecule has 3 fully saturated rings. The summed E-state index contributed by atoms with van der Waals surface area (Å²) in [4.78, 5) is 22.3. The molecule has 0 spiro atoms. The van der Waals surface area contributed by atoms with Crippen LogP contribution in [-0.4, -0.2) is 51.4 Å². The normalized spacial score (nSPS) is 28.6. The van der Waals surface area contributed by atoms with E-state index in [0.717, 1.165) is 32.0 Å². The lowest BCUT2D eigenvalue weighted by Gasteiger charge is -2.39. The van der Waals surface area contributed by atoms with Gasteiger partial charge >= 0.3 is 0 Å². The lowest BCUT2D eigenvalue weighted by atomic mass is 10.0. The molecule has 28 heavy (non-hydrogen) atoms. The van der Waals surface area contributed by atoms with Gasteiger partial charge in [-0.15, -0.1) is 0 Å². The first kappa shape index (κ1) is 17.9. The summed E-state index contributed by atoms with van der Waals surface area (Å²) in [6.07, 6.45) is 9.08. The molecule has 148 valence electrons. The van der Waals surface area contributed by atoms with Crippen LogP contribution in [0.1, 0.15) is 43.1 Å². The Balaban J connectivity index is 1.29. The number of carbonyl (C=O) groups is 1. The Morgan fingerprint density at radius 3 is 2.32 bits per heavy atom. The predicted molar refractivity (Wildman–Crippen MR) is 109 cm³/mol. The van der Waals surface area contributed by atoms with Gasteiger partial charge in [-0.1, -0.05) is 43.2 Å². The number of amides is 1. The maximum absolute atomic E-state index is 13.0. The first-order chi connectivity index (χ1) is 13.7. The molecular formula is C23H30N4O. The van der Waals surface area contributed by atoms with Gasteiger partial charge in [0.15, 0.2) is 0 Å².